The number of nitrogen functional groups attached to an aromatic ring is 1. The quantitative estimate of drug-likeness (QED) is 0.518. The van der Waals surface area contributed by atoms with Crippen molar-refractivity contribution < 1.29 is 4.74 Å². The summed E-state index contributed by atoms with van der Waals surface area (Å²) >= 11 is 1.62. The van der Waals surface area contributed by atoms with Gasteiger partial charge in [0.15, 0.2) is 0 Å². The number of nitrogens with zero attached hydrogens (tertiary/aromatic N) is 4. The molecule has 108 valence electrons. The van der Waals surface area contributed by atoms with Gasteiger partial charge in [-0.2, -0.15) is 15.0 Å². The number of hydrazine groups is 1. The fourth-order valence-corrected chi connectivity index (χ4v) is 2.12. The van der Waals surface area contributed by atoms with Crippen molar-refractivity contribution in [1.82, 2.24) is 19.9 Å². The van der Waals surface area contributed by atoms with Crippen molar-refractivity contribution in [3.8, 4) is 6.01 Å². The Hall–Kier alpha value is -2.00. The molecule has 0 radical (unpaired) electrons. The second kappa shape index (κ2) is 6.96. The molecule has 0 bridgehead atoms. The van der Waals surface area contributed by atoms with Gasteiger partial charge >= 0.3 is 6.01 Å². The number of ether oxygens (including phenoxy) is 1. The van der Waals surface area contributed by atoms with E-state index in [1.165, 1.54) is 0 Å². The molecule has 0 aliphatic rings. The van der Waals surface area contributed by atoms with Crippen LogP contribution in [0.3, 0.4) is 0 Å². The highest BCUT2D eigenvalue weighted by Gasteiger charge is 2.07. The third kappa shape index (κ3) is 4.00. The van der Waals surface area contributed by atoms with Crippen LogP contribution in [-0.4, -0.2) is 26.5 Å². The van der Waals surface area contributed by atoms with Gasteiger partial charge in [-0.15, -0.1) is 11.3 Å². The summed E-state index contributed by atoms with van der Waals surface area (Å²) in [6, 6.07) is 0.243. The number of aromatic nitrogens is 4. The molecule has 20 heavy (non-hydrogen) atoms. The molecule has 9 heteroatoms. The van der Waals surface area contributed by atoms with Crippen LogP contribution in [0, 0.1) is 6.92 Å². The first-order valence-electron chi connectivity index (χ1n) is 6.22. The third-order valence-electron chi connectivity index (χ3n) is 2.25. The first kappa shape index (κ1) is 14.4. The lowest BCUT2D eigenvalue weighted by Gasteiger charge is -2.08. The van der Waals surface area contributed by atoms with E-state index in [2.05, 4.69) is 30.7 Å². The zero-order valence-electron chi connectivity index (χ0n) is 11.4. The van der Waals surface area contributed by atoms with Crippen molar-refractivity contribution in [2.45, 2.75) is 26.8 Å². The van der Waals surface area contributed by atoms with E-state index in [1.54, 1.807) is 11.3 Å². The molecule has 0 amide bonds. The van der Waals surface area contributed by atoms with Crippen molar-refractivity contribution in [2.75, 3.05) is 17.3 Å². The summed E-state index contributed by atoms with van der Waals surface area (Å²) in [5.41, 5.74) is 2.39. The fraction of sp³-hybridized carbons (Fsp3) is 0.455. The van der Waals surface area contributed by atoms with Crippen molar-refractivity contribution in [1.29, 1.82) is 0 Å². The predicted molar refractivity (Wildman–Crippen MR) is 77.6 cm³/mol. The van der Waals surface area contributed by atoms with Crippen LogP contribution in [0.5, 0.6) is 6.01 Å². The average Bonchev–Trinajstić information content (AvgIpc) is 2.88. The molecule has 2 aromatic heterocycles. The normalized spacial score (nSPS) is 10.3. The molecule has 4 N–H and O–H groups in total. The second-order valence-corrected chi connectivity index (χ2v) is 5.30. The molecule has 0 aliphatic heterocycles. The Kier molecular flexibility index (Phi) is 5.02. The lowest BCUT2D eigenvalue weighted by atomic mass is 10.5. The SMILES string of the molecule is CCCOc1nc(NN)nc(NCc2ncc(C)s2)n1. The molecule has 2 rings (SSSR count). The lowest BCUT2D eigenvalue weighted by molar-refractivity contribution is 0.292. The molecule has 0 atom stereocenters. The fourth-order valence-electron chi connectivity index (χ4n) is 1.40. The second-order valence-electron chi connectivity index (χ2n) is 3.98. The standard InChI is InChI=1S/C11H17N7OS/c1-3-4-19-11-16-9(15-10(17-11)18-12)14-6-8-13-5-7(2)20-8/h5H,3-4,6,12H2,1-2H3,(H2,14,15,16,17,18). The molecule has 0 fully saturated rings. The highest BCUT2D eigenvalue weighted by atomic mass is 32.1. The summed E-state index contributed by atoms with van der Waals surface area (Å²) in [4.78, 5) is 17.7. The number of hydrogen-bond acceptors (Lipinski definition) is 9. The van der Waals surface area contributed by atoms with E-state index in [-0.39, 0.29) is 12.0 Å². The minimum Gasteiger partial charge on any atom is -0.463 e. The van der Waals surface area contributed by atoms with Gasteiger partial charge in [-0.25, -0.2) is 10.8 Å². The summed E-state index contributed by atoms with van der Waals surface area (Å²) < 4.78 is 5.38. The molecule has 0 aliphatic carbocycles. The number of anilines is 2. The van der Waals surface area contributed by atoms with Crippen molar-refractivity contribution in [2.24, 2.45) is 5.84 Å². The van der Waals surface area contributed by atoms with Gasteiger partial charge < -0.3 is 10.1 Å². The highest BCUT2D eigenvalue weighted by molar-refractivity contribution is 7.11. The molecule has 0 unspecified atom stereocenters. The number of hydrogen-bond donors (Lipinski definition) is 3. The molecular formula is C11H17N7OS. The Morgan fingerprint density at radius 3 is 2.75 bits per heavy atom. The Balaban J connectivity index is 2.05. The molecule has 0 spiro atoms. The van der Waals surface area contributed by atoms with E-state index < -0.39 is 0 Å². The van der Waals surface area contributed by atoms with Gasteiger partial charge in [0, 0.05) is 11.1 Å². The Morgan fingerprint density at radius 2 is 2.10 bits per heavy atom. The number of nitrogens with one attached hydrogen (secondary N) is 2. The molecule has 0 saturated carbocycles. The summed E-state index contributed by atoms with van der Waals surface area (Å²) in [5.74, 6) is 5.98. The average molecular weight is 295 g/mol. The zero-order chi connectivity index (χ0) is 14.4. The minimum atomic E-state index is 0.243. The van der Waals surface area contributed by atoms with Crippen LogP contribution < -0.4 is 21.3 Å². The number of thiazole rings is 1. The van der Waals surface area contributed by atoms with E-state index in [1.807, 2.05) is 20.0 Å². The van der Waals surface area contributed by atoms with Gasteiger partial charge in [-0.05, 0) is 13.3 Å². The molecule has 2 aromatic rings. The molecule has 2 heterocycles. The maximum Gasteiger partial charge on any atom is 0.323 e. The van der Waals surface area contributed by atoms with Crippen LogP contribution in [0.2, 0.25) is 0 Å². The van der Waals surface area contributed by atoms with Gasteiger partial charge in [-0.1, -0.05) is 6.92 Å². The van der Waals surface area contributed by atoms with Crippen LogP contribution in [0.25, 0.3) is 0 Å². The van der Waals surface area contributed by atoms with Gasteiger partial charge in [-0.3, -0.25) is 5.43 Å². The zero-order valence-corrected chi connectivity index (χ0v) is 12.2. The number of rotatable bonds is 7. The monoisotopic (exact) mass is 295 g/mol. The summed E-state index contributed by atoms with van der Waals surface area (Å²) in [6.45, 7) is 5.10. The Bertz CT molecular complexity index is 559. The first-order valence-corrected chi connectivity index (χ1v) is 7.03. The Morgan fingerprint density at radius 1 is 1.30 bits per heavy atom. The molecule has 8 nitrogen and oxygen atoms in total. The molecular weight excluding hydrogens is 278 g/mol. The maximum absolute atomic E-state index is 5.38. The smallest absolute Gasteiger partial charge is 0.323 e. The van der Waals surface area contributed by atoms with Crippen LogP contribution in [0.15, 0.2) is 6.20 Å². The van der Waals surface area contributed by atoms with Crippen LogP contribution in [0.4, 0.5) is 11.9 Å². The maximum atomic E-state index is 5.38. The first-order chi connectivity index (χ1) is 9.71. The molecule has 0 saturated heterocycles. The topological polar surface area (TPSA) is 111 Å². The van der Waals surface area contributed by atoms with Gasteiger partial charge in [0.1, 0.15) is 5.01 Å². The van der Waals surface area contributed by atoms with Gasteiger partial charge in [0.25, 0.3) is 0 Å². The predicted octanol–water partition coefficient (Wildman–Crippen LogP) is 1.32. The summed E-state index contributed by atoms with van der Waals surface area (Å²) in [7, 11) is 0. The van der Waals surface area contributed by atoms with E-state index in [0.717, 1.165) is 16.3 Å². The Labute approximate surface area is 120 Å². The van der Waals surface area contributed by atoms with Crippen molar-refractivity contribution in [3.05, 3.63) is 16.1 Å². The van der Waals surface area contributed by atoms with Gasteiger partial charge in [0.05, 0.1) is 13.2 Å². The van der Waals surface area contributed by atoms with Crippen LogP contribution >= 0.6 is 11.3 Å². The number of aryl methyl sites for hydroxylation is 1. The lowest BCUT2D eigenvalue weighted by Crippen LogP contribution is -2.14. The van der Waals surface area contributed by atoms with E-state index in [4.69, 9.17) is 10.6 Å². The van der Waals surface area contributed by atoms with E-state index in [9.17, 15) is 0 Å². The summed E-state index contributed by atoms with van der Waals surface area (Å²) in [5, 5.41) is 4.04. The van der Waals surface area contributed by atoms with Crippen LogP contribution in [-0.2, 0) is 6.54 Å². The number of nitrogens with two attached hydrogens (primary N) is 1. The summed E-state index contributed by atoms with van der Waals surface area (Å²) in [6.07, 6.45) is 2.70. The van der Waals surface area contributed by atoms with Crippen LogP contribution in [0.1, 0.15) is 23.2 Å². The minimum absolute atomic E-state index is 0.243. The largest absolute Gasteiger partial charge is 0.463 e. The van der Waals surface area contributed by atoms with Gasteiger partial charge in [0.2, 0.25) is 11.9 Å². The third-order valence-corrected chi connectivity index (χ3v) is 3.16. The highest BCUT2D eigenvalue weighted by Crippen LogP contribution is 2.14. The van der Waals surface area contributed by atoms with E-state index in [0.29, 0.717) is 19.1 Å². The molecule has 0 aromatic carbocycles. The van der Waals surface area contributed by atoms with E-state index >= 15 is 0 Å². The van der Waals surface area contributed by atoms with Crippen molar-refractivity contribution in [3.63, 3.8) is 0 Å². The van der Waals surface area contributed by atoms with Crippen molar-refractivity contribution >= 4 is 23.2 Å².